The smallest absolute Gasteiger partial charge is 0.337 e. The predicted octanol–water partition coefficient (Wildman–Crippen LogP) is 5.17. The molecule has 2 aromatic heterocycles. The zero-order valence-corrected chi connectivity index (χ0v) is 15.9. The maximum atomic E-state index is 13.6. The highest BCUT2D eigenvalue weighted by atomic mass is 19.1. The molecule has 0 unspecified atom stereocenters. The number of rotatable bonds is 3. The Morgan fingerprint density at radius 2 is 1.90 bits per heavy atom. The number of anilines is 1. The van der Waals surface area contributed by atoms with E-state index in [1.807, 2.05) is 12.1 Å². The van der Waals surface area contributed by atoms with E-state index in [4.69, 9.17) is 14.1 Å². The number of furan rings is 1. The monoisotopic (exact) mass is 390 g/mol. The highest BCUT2D eigenvalue weighted by Crippen LogP contribution is 2.37. The molecule has 0 amide bonds. The molecule has 0 N–H and O–H groups in total. The van der Waals surface area contributed by atoms with Gasteiger partial charge in [0.25, 0.3) is 0 Å². The second kappa shape index (κ2) is 6.88. The molecule has 0 bridgehead atoms. The Morgan fingerprint density at radius 1 is 1.07 bits per heavy atom. The molecule has 0 spiro atoms. The molecule has 0 atom stereocenters. The summed E-state index contributed by atoms with van der Waals surface area (Å²) in [4.78, 5) is 19.0. The van der Waals surface area contributed by atoms with E-state index in [1.165, 1.54) is 19.2 Å². The maximum Gasteiger partial charge on any atom is 0.337 e. The average Bonchev–Trinajstić information content (AvgIpc) is 3.41. The molecular formula is C23H19FN2O3. The molecule has 6 heteroatoms. The van der Waals surface area contributed by atoms with Gasteiger partial charge in [0.1, 0.15) is 17.1 Å². The lowest BCUT2D eigenvalue weighted by Crippen LogP contribution is -2.19. The molecule has 29 heavy (non-hydrogen) atoms. The molecule has 5 nitrogen and oxygen atoms in total. The molecule has 1 aliphatic heterocycles. The minimum atomic E-state index is -0.377. The average molecular weight is 390 g/mol. The van der Waals surface area contributed by atoms with Crippen molar-refractivity contribution >= 4 is 33.5 Å². The number of halogens is 1. The van der Waals surface area contributed by atoms with Crippen LogP contribution in [0.25, 0.3) is 33.3 Å². The van der Waals surface area contributed by atoms with Crippen LogP contribution >= 0.6 is 0 Å². The number of nitrogens with zero attached hydrogens (tertiary/aromatic N) is 2. The maximum absolute atomic E-state index is 13.6. The normalized spacial score (nSPS) is 14.1. The third-order valence-electron chi connectivity index (χ3n) is 5.37. The van der Waals surface area contributed by atoms with Crippen molar-refractivity contribution in [2.75, 3.05) is 25.1 Å². The number of hydrogen-bond acceptors (Lipinski definition) is 5. The number of hydrogen-bond donors (Lipinski definition) is 0. The Bertz CT molecular complexity index is 1240. The second-order valence-electron chi connectivity index (χ2n) is 7.24. The van der Waals surface area contributed by atoms with Gasteiger partial charge in [0.2, 0.25) is 0 Å². The SMILES string of the molecule is COC(=O)c1ccc2nc(-c3cc4cc(F)ccc4o3)c(N3CCCC3)cc2c1. The first kappa shape index (κ1) is 17.7. The molecule has 1 aliphatic rings. The van der Waals surface area contributed by atoms with E-state index in [0.29, 0.717) is 22.3 Å². The number of methoxy groups -OCH3 is 1. The summed E-state index contributed by atoms with van der Waals surface area (Å²) in [6.07, 6.45) is 2.23. The summed E-state index contributed by atoms with van der Waals surface area (Å²) >= 11 is 0. The van der Waals surface area contributed by atoms with Crippen molar-refractivity contribution in [3.8, 4) is 11.5 Å². The van der Waals surface area contributed by atoms with Gasteiger partial charge >= 0.3 is 5.97 Å². The predicted molar refractivity (Wildman–Crippen MR) is 110 cm³/mol. The van der Waals surface area contributed by atoms with Crippen molar-refractivity contribution in [3.63, 3.8) is 0 Å². The van der Waals surface area contributed by atoms with E-state index in [-0.39, 0.29) is 11.8 Å². The Morgan fingerprint density at radius 3 is 2.69 bits per heavy atom. The van der Waals surface area contributed by atoms with Gasteiger partial charge in [0.15, 0.2) is 5.76 Å². The van der Waals surface area contributed by atoms with Crippen molar-refractivity contribution in [2.45, 2.75) is 12.8 Å². The number of benzene rings is 2. The van der Waals surface area contributed by atoms with Crippen LogP contribution in [0.5, 0.6) is 0 Å². The Kier molecular flexibility index (Phi) is 4.19. The lowest BCUT2D eigenvalue weighted by atomic mass is 10.1. The topological polar surface area (TPSA) is 55.6 Å². The summed E-state index contributed by atoms with van der Waals surface area (Å²) in [6, 6.07) is 13.7. The van der Waals surface area contributed by atoms with Crippen LogP contribution in [0.4, 0.5) is 10.1 Å². The summed E-state index contributed by atoms with van der Waals surface area (Å²) < 4.78 is 24.5. The first-order valence-corrected chi connectivity index (χ1v) is 9.60. The summed E-state index contributed by atoms with van der Waals surface area (Å²) in [5.41, 5.74) is 3.54. The molecule has 0 saturated carbocycles. The van der Waals surface area contributed by atoms with Crippen LogP contribution < -0.4 is 4.90 Å². The number of carbonyl (C=O) groups excluding carboxylic acids is 1. The number of fused-ring (bicyclic) bond motifs is 2. The van der Waals surface area contributed by atoms with Crippen molar-refractivity contribution in [1.29, 1.82) is 0 Å². The van der Waals surface area contributed by atoms with Gasteiger partial charge < -0.3 is 14.1 Å². The molecule has 1 saturated heterocycles. The lowest BCUT2D eigenvalue weighted by molar-refractivity contribution is 0.0601. The molecular weight excluding hydrogens is 371 g/mol. The summed E-state index contributed by atoms with van der Waals surface area (Å²) in [5, 5.41) is 1.57. The minimum absolute atomic E-state index is 0.300. The standard InChI is InChI=1S/C23H19FN2O3/c1-28-23(27)14-4-6-18-15(10-14)12-19(26-8-2-3-9-26)22(25-18)21-13-16-11-17(24)5-7-20(16)29-21/h4-7,10-13H,2-3,8-9H2,1H3. The summed E-state index contributed by atoms with van der Waals surface area (Å²) in [6.45, 7) is 1.87. The van der Waals surface area contributed by atoms with Gasteiger partial charge in [0, 0.05) is 23.9 Å². The van der Waals surface area contributed by atoms with Crippen LogP contribution in [0.1, 0.15) is 23.2 Å². The van der Waals surface area contributed by atoms with E-state index in [2.05, 4.69) is 4.90 Å². The van der Waals surface area contributed by atoms with E-state index < -0.39 is 0 Å². The van der Waals surface area contributed by atoms with Crippen molar-refractivity contribution in [2.24, 2.45) is 0 Å². The van der Waals surface area contributed by atoms with Gasteiger partial charge in [0.05, 0.1) is 23.9 Å². The first-order chi connectivity index (χ1) is 14.1. The zero-order chi connectivity index (χ0) is 20.0. The number of ether oxygens (including phenoxy) is 1. The van der Waals surface area contributed by atoms with Gasteiger partial charge in [-0.15, -0.1) is 0 Å². The van der Waals surface area contributed by atoms with Crippen molar-refractivity contribution < 1.29 is 18.3 Å². The van der Waals surface area contributed by atoms with Crippen LogP contribution in [0, 0.1) is 5.82 Å². The van der Waals surface area contributed by atoms with Gasteiger partial charge in [-0.2, -0.15) is 0 Å². The minimum Gasteiger partial charge on any atom is -0.465 e. The third kappa shape index (κ3) is 3.10. The first-order valence-electron chi connectivity index (χ1n) is 9.60. The summed E-state index contributed by atoms with van der Waals surface area (Å²) in [7, 11) is 1.37. The van der Waals surface area contributed by atoms with E-state index in [9.17, 15) is 9.18 Å². The number of pyridine rings is 1. The molecule has 0 aliphatic carbocycles. The van der Waals surface area contributed by atoms with E-state index >= 15 is 0 Å². The fourth-order valence-electron chi connectivity index (χ4n) is 3.92. The van der Waals surface area contributed by atoms with Crippen LogP contribution in [0.2, 0.25) is 0 Å². The van der Waals surface area contributed by atoms with Gasteiger partial charge in [-0.1, -0.05) is 0 Å². The van der Waals surface area contributed by atoms with Crippen LogP contribution in [-0.4, -0.2) is 31.2 Å². The van der Waals surface area contributed by atoms with Crippen molar-refractivity contribution in [1.82, 2.24) is 4.98 Å². The molecule has 0 radical (unpaired) electrons. The van der Waals surface area contributed by atoms with Gasteiger partial charge in [-0.3, -0.25) is 0 Å². The second-order valence-corrected chi connectivity index (χ2v) is 7.24. The van der Waals surface area contributed by atoms with Crippen LogP contribution in [0.3, 0.4) is 0 Å². The number of esters is 1. The highest BCUT2D eigenvalue weighted by Gasteiger charge is 2.21. The van der Waals surface area contributed by atoms with Crippen molar-refractivity contribution in [3.05, 3.63) is 59.9 Å². The van der Waals surface area contributed by atoms with Crippen LogP contribution in [0.15, 0.2) is 52.9 Å². The third-order valence-corrected chi connectivity index (χ3v) is 5.37. The Hall–Kier alpha value is -3.41. The van der Waals surface area contributed by atoms with Gasteiger partial charge in [-0.05, 0) is 61.4 Å². The lowest BCUT2D eigenvalue weighted by Gasteiger charge is -2.20. The highest BCUT2D eigenvalue weighted by molar-refractivity contribution is 5.97. The Labute approximate surface area is 166 Å². The van der Waals surface area contributed by atoms with E-state index in [1.54, 1.807) is 24.3 Å². The van der Waals surface area contributed by atoms with E-state index in [0.717, 1.165) is 48.2 Å². The molecule has 3 heterocycles. The largest absolute Gasteiger partial charge is 0.465 e. The Balaban J connectivity index is 1.71. The quantitative estimate of drug-likeness (QED) is 0.452. The number of aromatic nitrogens is 1. The molecule has 2 aromatic carbocycles. The molecule has 146 valence electrons. The van der Waals surface area contributed by atoms with Crippen LogP contribution in [-0.2, 0) is 4.74 Å². The molecule has 5 rings (SSSR count). The fraction of sp³-hybridized carbons (Fsp3) is 0.217. The molecule has 1 fully saturated rings. The molecule has 4 aromatic rings. The summed E-state index contributed by atoms with van der Waals surface area (Å²) in [5.74, 6) is -0.0733. The zero-order valence-electron chi connectivity index (χ0n) is 15.9. The van der Waals surface area contributed by atoms with Gasteiger partial charge in [-0.25, -0.2) is 14.2 Å². The fourth-order valence-corrected chi connectivity index (χ4v) is 3.92. The number of carbonyl (C=O) groups is 1.